The van der Waals surface area contributed by atoms with Crippen LogP contribution in [0.4, 0.5) is 10.5 Å². The Labute approximate surface area is 219 Å². The lowest BCUT2D eigenvalue weighted by Gasteiger charge is -2.36. The molecule has 3 N–H and O–H groups in total. The second-order valence-electron chi connectivity index (χ2n) is 9.43. The van der Waals surface area contributed by atoms with Gasteiger partial charge in [-0.2, -0.15) is 0 Å². The van der Waals surface area contributed by atoms with E-state index in [0.717, 1.165) is 11.1 Å². The Morgan fingerprint density at radius 3 is 2.54 bits per heavy atom. The number of ether oxygens (including phenoxy) is 1. The molecule has 5 rings (SSSR count). The first-order valence-corrected chi connectivity index (χ1v) is 12.4. The highest BCUT2D eigenvalue weighted by atomic mass is 35.5. The number of carboxylic acid groups (broad SMARTS) is 1. The normalized spacial score (nSPS) is 19.5. The number of halogens is 1. The van der Waals surface area contributed by atoms with Gasteiger partial charge in [0.15, 0.2) is 5.60 Å². The van der Waals surface area contributed by atoms with Gasteiger partial charge in [-0.1, -0.05) is 41.9 Å². The summed E-state index contributed by atoms with van der Waals surface area (Å²) in [4.78, 5) is 38.7. The number of aromatic carboxylic acids is 1. The molecule has 2 unspecified atom stereocenters. The summed E-state index contributed by atoms with van der Waals surface area (Å²) >= 11 is 6.27. The highest BCUT2D eigenvalue weighted by molar-refractivity contribution is 6.30. The molecule has 1 spiro atoms. The van der Waals surface area contributed by atoms with Gasteiger partial charge in [0, 0.05) is 48.2 Å². The standard InChI is InChI=1S/C28H26ClN3O5/c29-21-10-11-24-23(15-21)28(37-27(36)31-24)12-13-32(17-28)16-22(14-18-4-2-1-3-5-18)30-25(33)19-6-8-20(9-7-19)26(34)35/h1-11,15,22H,12-14,16-17H2,(H,30,33)(H,31,36)(H,34,35). The summed E-state index contributed by atoms with van der Waals surface area (Å²) in [5.74, 6) is -1.32. The molecule has 0 saturated carbocycles. The number of amides is 2. The van der Waals surface area contributed by atoms with E-state index in [0.29, 0.717) is 48.7 Å². The first kappa shape index (κ1) is 24.8. The van der Waals surface area contributed by atoms with E-state index in [4.69, 9.17) is 21.4 Å². The zero-order valence-corrected chi connectivity index (χ0v) is 20.7. The van der Waals surface area contributed by atoms with Crippen LogP contribution in [-0.4, -0.2) is 53.7 Å². The Balaban J connectivity index is 1.34. The van der Waals surface area contributed by atoms with Crippen molar-refractivity contribution in [1.29, 1.82) is 0 Å². The van der Waals surface area contributed by atoms with Gasteiger partial charge in [0.2, 0.25) is 0 Å². The molecule has 1 fully saturated rings. The number of nitrogens with one attached hydrogen (secondary N) is 2. The minimum Gasteiger partial charge on any atom is -0.478 e. The molecule has 2 heterocycles. The average Bonchev–Trinajstić information content (AvgIpc) is 3.27. The van der Waals surface area contributed by atoms with E-state index in [1.807, 2.05) is 36.4 Å². The van der Waals surface area contributed by atoms with E-state index < -0.39 is 17.7 Å². The lowest BCUT2D eigenvalue weighted by Crippen LogP contribution is -2.46. The molecule has 1 saturated heterocycles. The van der Waals surface area contributed by atoms with Crippen molar-refractivity contribution in [3.63, 3.8) is 0 Å². The highest BCUT2D eigenvalue weighted by Crippen LogP contribution is 2.43. The highest BCUT2D eigenvalue weighted by Gasteiger charge is 2.47. The van der Waals surface area contributed by atoms with Gasteiger partial charge in [-0.15, -0.1) is 0 Å². The smallest absolute Gasteiger partial charge is 0.412 e. The number of likely N-dealkylation sites (tertiary alicyclic amines) is 1. The van der Waals surface area contributed by atoms with Crippen molar-refractivity contribution < 1.29 is 24.2 Å². The van der Waals surface area contributed by atoms with Crippen molar-refractivity contribution in [2.24, 2.45) is 0 Å². The van der Waals surface area contributed by atoms with Gasteiger partial charge in [-0.3, -0.25) is 15.0 Å². The van der Waals surface area contributed by atoms with Crippen LogP contribution in [0.25, 0.3) is 0 Å². The Hall–Kier alpha value is -3.88. The summed E-state index contributed by atoms with van der Waals surface area (Å²) in [6, 6.07) is 20.9. The Morgan fingerprint density at radius 2 is 1.81 bits per heavy atom. The van der Waals surface area contributed by atoms with Crippen LogP contribution in [0.1, 0.15) is 38.3 Å². The predicted octanol–water partition coefficient (Wildman–Crippen LogP) is 4.54. The van der Waals surface area contributed by atoms with Crippen LogP contribution >= 0.6 is 11.6 Å². The molecule has 8 nitrogen and oxygen atoms in total. The molecule has 0 aromatic heterocycles. The number of rotatable bonds is 7. The fraction of sp³-hybridized carbons (Fsp3) is 0.250. The van der Waals surface area contributed by atoms with Crippen molar-refractivity contribution in [2.45, 2.75) is 24.5 Å². The van der Waals surface area contributed by atoms with Gasteiger partial charge in [0.25, 0.3) is 5.91 Å². The number of hydrogen-bond acceptors (Lipinski definition) is 5. The molecule has 2 amide bonds. The summed E-state index contributed by atoms with van der Waals surface area (Å²) < 4.78 is 5.84. The largest absolute Gasteiger partial charge is 0.478 e. The minimum atomic E-state index is -1.04. The van der Waals surface area contributed by atoms with Crippen molar-refractivity contribution in [2.75, 3.05) is 25.0 Å². The molecule has 2 aliphatic heterocycles. The maximum absolute atomic E-state index is 13.1. The number of nitrogens with zero attached hydrogens (tertiary/aromatic N) is 1. The van der Waals surface area contributed by atoms with Crippen LogP contribution in [0.3, 0.4) is 0 Å². The van der Waals surface area contributed by atoms with E-state index >= 15 is 0 Å². The number of carbonyl (C=O) groups excluding carboxylic acids is 2. The Morgan fingerprint density at radius 1 is 1.08 bits per heavy atom. The predicted molar refractivity (Wildman–Crippen MR) is 139 cm³/mol. The van der Waals surface area contributed by atoms with Crippen molar-refractivity contribution in [3.8, 4) is 0 Å². The molecule has 0 bridgehead atoms. The fourth-order valence-electron chi connectivity index (χ4n) is 5.09. The second kappa shape index (κ2) is 10.2. The van der Waals surface area contributed by atoms with Gasteiger partial charge in [-0.05, 0) is 54.4 Å². The number of carbonyl (C=O) groups is 3. The average molecular weight is 520 g/mol. The second-order valence-corrected chi connectivity index (χ2v) is 9.86. The number of carboxylic acids is 1. The van der Waals surface area contributed by atoms with Crippen LogP contribution in [0, 0.1) is 0 Å². The topological polar surface area (TPSA) is 108 Å². The van der Waals surface area contributed by atoms with Gasteiger partial charge >= 0.3 is 12.1 Å². The van der Waals surface area contributed by atoms with Crippen molar-refractivity contribution in [3.05, 3.63) is 100 Å². The molecule has 37 heavy (non-hydrogen) atoms. The molecule has 3 aromatic rings. The summed E-state index contributed by atoms with van der Waals surface area (Å²) in [6.07, 6.45) is 0.722. The van der Waals surface area contributed by atoms with Gasteiger partial charge in [0.05, 0.1) is 11.3 Å². The first-order valence-electron chi connectivity index (χ1n) is 12.0. The molecule has 9 heteroatoms. The summed E-state index contributed by atoms with van der Waals surface area (Å²) in [5, 5.41) is 15.6. The lowest BCUT2D eigenvalue weighted by molar-refractivity contribution is 0.0184. The maximum Gasteiger partial charge on any atom is 0.412 e. The summed E-state index contributed by atoms with van der Waals surface area (Å²) in [6.45, 7) is 1.69. The molecule has 3 aromatic carbocycles. The Kier molecular flexibility index (Phi) is 6.86. The zero-order chi connectivity index (χ0) is 26.0. The van der Waals surface area contributed by atoms with Gasteiger partial charge in [0.1, 0.15) is 0 Å². The quantitative estimate of drug-likeness (QED) is 0.423. The van der Waals surface area contributed by atoms with Crippen molar-refractivity contribution in [1.82, 2.24) is 10.2 Å². The molecule has 0 aliphatic carbocycles. The van der Waals surface area contributed by atoms with E-state index in [9.17, 15) is 14.4 Å². The molecule has 190 valence electrons. The molecular formula is C28H26ClN3O5. The van der Waals surface area contributed by atoms with Crippen LogP contribution in [-0.2, 0) is 16.8 Å². The Bertz CT molecular complexity index is 1330. The van der Waals surface area contributed by atoms with E-state index in [-0.39, 0.29) is 17.5 Å². The minimum absolute atomic E-state index is 0.122. The van der Waals surface area contributed by atoms with Crippen LogP contribution in [0.15, 0.2) is 72.8 Å². The van der Waals surface area contributed by atoms with E-state index in [1.165, 1.54) is 24.3 Å². The molecular weight excluding hydrogens is 494 g/mol. The van der Waals surface area contributed by atoms with Crippen LogP contribution in [0.2, 0.25) is 5.02 Å². The van der Waals surface area contributed by atoms with E-state index in [1.54, 1.807) is 12.1 Å². The third-order valence-corrected chi connectivity index (χ3v) is 7.08. The molecule has 2 aliphatic rings. The fourth-order valence-corrected chi connectivity index (χ4v) is 5.26. The number of anilines is 1. The number of hydrogen-bond donors (Lipinski definition) is 3. The maximum atomic E-state index is 13.1. The summed E-state index contributed by atoms with van der Waals surface area (Å²) in [5.41, 5.74) is 2.32. The first-order chi connectivity index (χ1) is 17.8. The van der Waals surface area contributed by atoms with Crippen LogP contribution < -0.4 is 10.6 Å². The third kappa shape index (κ3) is 5.45. The van der Waals surface area contributed by atoms with Gasteiger partial charge < -0.3 is 15.2 Å². The molecule has 0 radical (unpaired) electrons. The van der Waals surface area contributed by atoms with Crippen LogP contribution in [0.5, 0.6) is 0 Å². The summed E-state index contributed by atoms with van der Waals surface area (Å²) in [7, 11) is 0. The van der Waals surface area contributed by atoms with E-state index in [2.05, 4.69) is 15.5 Å². The number of benzene rings is 3. The zero-order valence-electron chi connectivity index (χ0n) is 19.9. The monoisotopic (exact) mass is 519 g/mol. The molecule has 2 atom stereocenters. The lowest BCUT2D eigenvalue weighted by atomic mass is 9.90. The van der Waals surface area contributed by atoms with Gasteiger partial charge in [-0.25, -0.2) is 9.59 Å². The number of fused-ring (bicyclic) bond motifs is 2. The van der Waals surface area contributed by atoms with Crippen molar-refractivity contribution >= 4 is 35.3 Å². The third-order valence-electron chi connectivity index (χ3n) is 6.84. The SMILES string of the molecule is O=C1Nc2ccc(Cl)cc2C2(CCN(CC(Cc3ccccc3)NC(=O)c3ccc(C(=O)O)cc3)C2)O1.